The van der Waals surface area contributed by atoms with E-state index in [9.17, 15) is 4.79 Å². The van der Waals surface area contributed by atoms with Gasteiger partial charge in [0.15, 0.2) is 0 Å². The number of hydrogen-bond donors (Lipinski definition) is 1. The van der Waals surface area contributed by atoms with Crippen LogP contribution in [0.1, 0.15) is 25.1 Å². The van der Waals surface area contributed by atoms with Crippen molar-refractivity contribution in [1.29, 1.82) is 0 Å². The summed E-state index contributed by atoms with van der Waals surface area (Å²) in [6.07, 6.45) is 0.713. The molecule has 0 aliphatic carbocycles. The predicted molar refractivity (Wildman–Crippen MR) is 86.9 cm³/mol. The fourth-order valence-electron chi connectivity index (χ4n) is 1.94. The lowest BCUT2D eigenvalue weighted by molar-refractivity contribution is -0.132. The summed E-state index contributed by atoms with van der Waals surface area (Å²) in [6, 6.07) is 4.06. The fourth-order valence-corrected chi connectivity index (χ4v) is 3.43. The Kier molecular flexibility index (Phi) is 8.37. The van der Waals surface area contributed by atoms with Gasteiger partial charge in [-0.2, -0.15) is 0 Å². The van der Waals surface area contributed by atoms with Crippen LogP contribution in [0.3, 0.4) is 0 Å². The molecule has 20 heavy (non-hydrogen) atoms. The molecule has 0 aliphatic heterocycles. The van der Waals surface area contributed by atoms with Gasteiger partial charge < -0.3 is 10.0 Å². The molecule has 0 bridgehead atoms. The monoisotopic (exact) mass is 362 g/mol. The van der Waals surface area contributed by atoms with Crippen LogP contribution in [-0.4, -0.2) is 53.6 Å². The van der Waals surface area contributed by atoms with E-state index in [1.54, 1.807) is 11.3 Å². The average molecular weight is 363 g/mol. The topological polar surface area (TPSA) is 43.8 Å². The van der Waals surface area contributed by atoms with Crippen molar-refractivity contribution in [1.82, 2.24) is 9.80 Å². The van der Waals surface area contributed by atoms with E-state index < -0.39 is 0 Å². The number of likely N-dealkylation sites (N-methyl/N-ethyl adjacent to an activating group) is 2. The second-order valence-electron chi connectivity index (χ2n) is 4.56. The second kappa shape index (κ2) is 9.50. The predicted octanol–water partition coefficient (Wildman–Crippen LogP) is 2.56. The third-order valence-electron chi connectivity index (χ3n) is 3.15. The molecule has 4 nitrogen and oxygen atoms in total. The van der Waals surface area contributed by atoms with Crippen molar-refractivity contribution in [2.45, 2.75) is 26.8 Å². The molecule has 0 spiro atoms. The molecule has 1 rings (SSSR count). The summed E-state index contributed by atoms with van der Waals surface area (Å²) in [4.78, 5) is 17.5. The van der Waals surface area contributed by atoms with Gasteiger partial charge in [-0.25, -0.2) is 0 Å². The minimum atomic E-state index is 0.150. The molecule has 0 aliphatic rings. The van der Waals surface area contributed by atoms with Gasteiger partial charge in [-0.1, -0.05) is 6.92 Å². The molecule has 6 heteroatoms. The number of carbonyl (C=O) groups excluding carboxylic acids is 1. The zero-order chi connectivity index (χ0) is 15.0. The van der Waals surface area contributed by atoms with Gasteiger partial charge in [-0.3, -0.25) is 9.69 Å². The maximum Gasteiger partial charge on any atom is 0.237 e. The van der Waals surface area contributed by atoms with Crippen LogP contribution < -0.4 is 0 Å². The molecule has 0 radical (unpaired) electrons. The van der Waals surface area contributed by atoms with Gasteiger partial charge in [-0.15, -0.1) is 11.3 Å². The lowest BCUT2D eigenvalue weighted by atomic mass is 10.3. The van der Waals surface area contributed by atoms with Crippen molar-refractivity contribution in [2.75, 3.05) is 32.8 Å². The number of rotatable bonds is 9. The van der Waals surface area contributed by atoms with Crippen LogP contribution >= 0.6 is 27.3 Å². The van der Waals surface area contributed by atoms with Crippen LogP contribution in [0, 0.1) is 0 Å². The van der Waals surface area contributed by atoms with E-state index >= 15 is 0 Å². The lowest BCUT2D eigenvalue weighted by Crippen LogP contribution is -2.40. The number of thiophene rings is 1. The molecule has 1 N–H and O–H groups in total. The second-order valence-corrected chi connectivity index (χ2v) is 7.11. The summed E-state index contributed by atoms with van der Waals surface area (Å²) in [5.74, 6) is 0.150. The molecule has 1 amide bonds. The molecular formula is C14H23BrN2O2S. The Morgan fingerprint density at radius 2 is 2.10 bits per heavy atom. The normalized spacial score (nSPS) is 11.1. The molecule has 0 aromatic carbocycles. The van der Waals surface area contributed by atoms with Crippen LogP contribution in [-0.2, 0) is 11.3 Å². The highest BCUT2D eigenvalue weighted by Crippen LogP contribution is 2.23. The van der Waals surface area contributed by atoms with Crippen LogP contribution in [0.2, 0.25) is 0 Å². The Hall–Kier alpha value is -0.430. The maximum absolute atomic E-state index is 12.3. The highest BCUT2D eigenvalue weighted by molar-refractivity contribution is 9.11. The largest absolute Gasteiger partial charge is 0.396 e. The van der Waals surface area contributed by atoms with Gasteiger partial charge in [-0.05, 0) is 48.0 Å². The smallest absolute Gasteiger partial charge is 0.237 e. The molecule has 1 aromatic heterocycles. The average Bonchev–Trinajstić information content (AvgIpc) is 2.85. The van der Waals surface area contributed by atoms with Crippen LogP contribution in [0.4, 0.5) is 0 Å². The van der Waals surface area contributed by atoms with Crippen molar-refractivity contribution in [3.63, 3.8) is 0 Å². The highest BCUT2D eigenvalue weighted by atomic mass is 79.9. The minimum absolute atomic E-state index is 0.150. The number of hydrogen-bond acceptors (Lipinski definition) is 4. The van der Waals surface area contributed by atoms with Gasteiger partial charge in [0, 0.05) is 24.6 Å². The number of carbonyl (C=O) groups is 1. The molecule has 0 unspecified atom stereocenters. The lowest BCUT2D eigenvalue weighted by Gasteiger charge is -2.25. The number of aliphatic hydroxyl groups excluding tert-OH is 1. The van der Waals surface area contributed by atoms with Crippen LogP contribution in [0.5, 0.6) is 0 Å². The van der Waals surface area contributed by atoms with E-state index in [-0.39, 0.29) is 12.5 Å². The number of amides is 1. The first-order chi connectivity index (χ1) is 9.60. The zero-order valence-electron chi connectivity index (χ0n) is 12.1. The van der Waals surface area contributed by atoms with E-state index in [0.29, 0.717) is 26.1 Å². The molecule has 0 atom stereocenters. The van der Waals surface area contributed by atoms with Gasteiger partial charge in [0.2, 0.25) is 5.91 Å². The number of aliphatic hydroxyl groups is 1. The first-order valence-corrected chi connectivity index (χ1v) is 8.56. The van der Waals surface area contributed by atoms with Crippen molar-refractivity contribution in [2.24, 2.45) is 0 Å². The molecule has 0 fully saturated rings. The van der Waals surface area contributed by atoms with E-state index in [0.717, 1.165) is 16.9 Å². The summed E-state index contributed by atoms with van der Waals surface area (Å²) < 4.78 is 1.09. The van der Waals surface area contributed by atoms with E-state index in [4.69, 9.17) is 5.11 Å². The van der Waals surface area contributed by atoms with Crippen molar-refractivity contribution >= 4 is 33.2 Å². The highest BCUT2D eigenvalue weighted by Gasteiger charge is 2.16. The number of halogens is 1. The first kappa shape index (κ1) is 17.6. The van der Waals surface area contributed by atoms with E-state index in [1.807, 2.05) is 30.9 Å². The summed E-state index contributed by atoms with van der Waals surface area (Å²) in [5.41, 5.74) is 0. The zero-order valence-corrected chi connectivity index (χ0v) is 14.5. The molecule has 1 aromatic rings. The Morgan fingerprint density at radius 1 is 1.35 bits per heavy atom. The quantitative estimate of drug-likeness (QED) is 0.733. The minimum Gasteiger partial charge on any atom is -0.396 e. The third-order valence-corrected chi connectivity index (χ3v) is 4.76. The molecular weight excluding hydrogens is 340 g/mol. The van der Waals surface area contributed by atoms with Crippen molar-refractivity contribution < 1.29 is 9.90 Å². The van der Waals surface area contributed by atoms with E-state index in [1.165, 1.54) is 4.88 Å². The Balaban J connectivity index is 2.53. The third kappa shape index (κ3) is 5.91. The van der Waals surface area contributed by atoms with E-state index in [2.05, 4.69) is 20.8 Å². The maximum atomic E-state index is 12.3. The first-order valence-electron chi connectivity index (χ1n) is 6.95. The van der Waals surface area contributed by atoms with Gasteiger partial charge in [0.05, 0.1) is 16.9 Å². The van der Waals surface area contributed by atoms with Crippen LogP contribution in [0.25, 0.3) is 0 Å². The molecule has 1 heterocycles. The molecule has 0 saturated heterocycles. The Labute approximate surface area is 133 Å². The van der Waals surface area contributed by atoms with Crippen molar-refractivity contribution in [3.8, 4) is 0 Å². The summed E-state index contributed by atoms with van der Waals surface area (Å²) in [5, 5.41) is 8.87. The summed E-state index contributed by atoms with van der Waals surface area (Å²) >= 11 is 5.11. The SMILES string of the molecule is CCN(CCCO)CC(=O)N(CC)Cc1ccc(Br)s1. The van der Waals surface area contributed by atoms with Crippen LogP contribution in [0.15, 0.2) is 15.9 Å². The van der Waals surface area contributed by atoms with Gasteiger partial charge in [0.1, 0.15) is 0 Å². The van der Waals surface area contributed by atoms with Gasteiger partial charge in [0.25, 0.3) is 0 Å². The Bertz CT molecular complexity index is 412. The number of nitrogens with zero attached hydrogens (tertiary/aromatic N) is 2. The molecule has 0 saturated carbocycles. The van der Waals surface area contributed by atoms with Crippen molar-refractivity contribution in [3.05, 3.63) is 20.8 Å². The van der Waals surface area contributed by atoms with Gasteiger partial charge >= 0.3 is 0 Å². The molecule has 114 valence electrons. The summed E-state index contributed by atoms with van der Waals surface area (Å²) in [6.45, 7) is 7.62. The fraction of sp³-hybridized carbons (Fsp3) is 0.643. The Morgan fingerprint density at radius 3 is 2.60 bits per heavy atom. The standard InChI is InChI=1S/C14H23BrN2O2S/c1-3-16(8-5-9-18)11-14(19)17(4-2)10-12-6-7-13(15)20-12/h6-7,18H,3-5,8-11H2,1-2H3. The summed E-state index contributed by atoms with van der Waals surface area (Å²) in [7, 11) is 0.